The average molecular weight is 377 g/mol. The predicted octanol–water partition coefficient (Wildman–Crippen LogP) is 0.949. The number of pyridine rings is 1. The van der Waals surface area contributed by atoms with Gasteiger partial charge in [-0.1, -0.05) is 11.3 Å². The van der Waals surface area contributed by atoms with Gasteiger partial charge in [0.25, 0.3) is 0 Å². The van der Waals surface area contributed by atoms with Gasteiger partial charge in [0.05, 0.1) is 37.5 Å². The Kier molecular flexibility index (Phi) is 4.17. The van der Waals surface area contributed by atoms with Crippen molar-refractivity contribution in [3.05, 3.63) is 48.2 Å². The van der Waals surface area contributed by atoms with Gasteiger partial charge in [-0.3, -0.25) is 5.01 Å². The molecule has 0 saturated heterocycles. The number of hydrogen-bond acceptors (Lipinski definition) is 8. The molecule has 0 bridgehead atoms. The van der Waals surface area contributed by atoms with E-state index in [9.17, 15) is 0 Å². The first-order valence-electron chi connectivity index (χ1n) is 9.06. The molecule has 0 radical (unpaired) electrons. The SMILES string of the molecule is COCCN1CC(c2cnc3nnn(Cc4ccc5nccn5c4)c3n2)C=N1. The summed E-state index contributed by atoms with van der Waals surface area (Å²) in [6, 6.07) is 4.01. The number of hydrogen-bond donors (Lipinski definition) is 0. The molecule has 1 aliphatic heterocycles. The molecule has 5 heterocycles. The van der Waals surface area contributed by atoms with Crippen LogP contribution in [0, 0.1) is 0 Å². The maximum Gasteiger partial charge on any atom is 0.221 e. The molecule has 4 aromatic heterocycles. The van der Waals surface area contributed by atoms with E-state index in [1.54, 1.807) is 24.2 Å². The van der Waals surface area contributed by atoms with Gasteiger partial charge in [-0.2, -0.15) is 5.10 Å². The lowest BCUT2D eigenvalue weighted by molar-refractivity contribution is 0.155. The second-order valence-corrected chi connectivity index (χ2v) is 6.70. The highest BCUT2D eigenvalue weighted by Crippen LogP contribution is 2.20. The molecule has 0 N–H and O–H groups in total. The molecule has 10 heteroatoms. The van der Waals surface area contributed by atoms with Gasteiger partial charge in [-0.05, 0) is 11.6 Å². The number of methoxy groups -OCH3 is 1. The van der Waals surface area contributed by atoms with Gasteiger partial charge in [-0.25, -0.2) is 19.6 Å². The van der Waals surface area contributed by atoms with Crippen LogP contribution < -0.4 is 0 Å². The number of imidazole rings is 1. The summed E-state index contributed by atoms with van der Waals surface area (Å²) in [5.41, 5.74) is 4.07. The Hall–Kier alpha value is -3.40. The largest absolute Gasteiger partial charge is 0.383 e. The monoisotopic (exact) mass is 377 g/mol. The maximum atomic E-state index is 5.12. The Morgan fingerprint density at radius 2 is 2.21 bits per heavy atom. The Bertz CT molecular complexity index is 1150. The van der Waals surface area contributed by atoms with E-state index in [0.717, 1.165) is 30.0 Å². The van der Waals surface area contributed by atoms with E-state index in [-0.39, 0.29) is 5.92 Å². The quantitative estimate of drug-likeness (QED) is 0.493. The highest BCUT2D eigenvalue weighted by Gasteiger charge is 2.22. The van der Waals surface area contributed by atoms with Gasteiger partial charge in [0, 0.05) is 38.5 Å². The van der Waals surface area contributed by atoms with Gasteiger partial charge >= 0.3 is 0 Å². The normalized spacial score (nSPS) is 16.6. The van der Waals surface area contributed by atoms with Crippen molar-refractivity contribution in [2.45, 2.75) is 12.5 Å². The van der Waals surface area contributed by atoms with E-state index in [1.807, 2.05) is 40.2 Å². The zero-order valence-corrected chi connectivity index (χ0v) is 15.4. The Labute approximate surface area is 160 Å². The minimum absolute atomic E-state index is 0.0967. The third kappa shape index (κ3) is 3.07. The van der Waals surface area contributed by atoms with Gasteiger partial charge in [0.2, 0.25) is 5.65 Å². The van der Waals surface area contributed by atoms with Crippen LogP contribution in [0.3, 0.4) is 0 Å². The molecule has 0 saturated carbocycles. The summed E-state index contributed by atoms with van der Waals surface area (Å²) < 4.78 is 8.87. The fourth-order valence-electron chi connectivity index (χ4n) is 3.30. The van der Waals surface area contributed by atoms with Crippen LogP contribution in [0.5, 0.6) is 0 Å². The van der Waals surface area contributed by atoms with E-state index < -0.39 is 0 Å². The smallest absolute Gasteiger partial charge is 0.221 e. The highest BCUT2D eigenvalue weighted by atomic mass is 16.5. The fraction of sp³-hybridized carbons (Fsp3) is 0.333. The topological polar surface area (TPSA) is 98.6 Å². The number of fused-ring (bicyclic) bond motifs is 2. The lowest BCUT2D eigenvalue weighted by Gasteiger charge is -2.14. The molecule has 0 aliphatic carbocycles. The highest BCUT2D eigenvalue weighted by molar-refractivity contribution is 5.71. The Morgan fingerprint density at radius 3 is 3.14 bits per heavy atom. The van der Waals surface area contributed by atoms with E-state index in [4.69, 9.17) is 9.72 Å². The summed E-state index contributed by atoms with van der Waals surface area (Å²) in [6.45, 7) is 2.73. The Balaban J connectivity index is 1.40. The van der Waals surface area contributed by atoms with E-state index in [2.05, 4.69) is 25.4 Å². The van der Waals surface area contributed by atoms with E-state index in [0.29, 0.717) is 24.4 Å². The zero-order chi connectivity index (χ0) is 18.9. The summed E-state index contributed by atoms with van der Waals surface area (Å²) in [6.07, 6.45) is 9.40. The molecular formula is C18H19N9O. The first-order valence-corrected chi connectivity index (χ1v) is 9.06. The molecule has 4 aromatic rings. The molecule has 0 fully saturated rings. The summed E-state index contributed by atoms with van der Waals surface area (Å²) in [5.74, 6) is 0.0967. The molecule has 28 heavy (non-hydrogen) atoms. The first-order chi connectivity index (χ1) is 13.8. The van der Waals surface area contributed by atoms with Gasteiger partial charge in [0.15, 0.2) is 5.65 Å². The fourth-order valence-corrected chi connectivity index (χ4v) is 3.30. The maximum absolute atomic E-state index is 5.12. The number of nitrogens with zero attached hydrogens (tertiary/aromatic N) is 9. The van der Waals surface area contributed by atoms with E-state index >= 15 is 0 Å². The molecule has 1 aliphatic rings. The molecule has 0 aromatic carbocycles. The zero-order valence-electron chi connectivity index (χ0n) is 15.4. The molecular weight excluding hydrogens is 358 g/mol. The van der Waals surface area contributed by atoms with Crippen molar-refractivity contribution in [2.24, 2.45) is 5.10 Å². The summed E-state index contributed by atoms with van der Waals surface area (Å²) >= 11 is 0. The van der Waals surface area contributed by atoms with Crippen LogP contribution in [0.1, 0.15) is 17.2 Å². The van der Waals surface area contributed by atoms with Crippen LogP contribution >= 0.6 is 0 Å². The van der Waals surface area contributed by atoms with Crippen LogP contribution in [-0.4, -0.2) is 72.4 Å². The standard InChI is InChI=1S/C18H19N9O/c1-28-7-6-26-12-14(8-21-26)15-9-20-17-18(22-15)27(24-23-17)11-13-2-3-16-19-4-5-25(16)10-13/h2-5,8-10,14H,6-7,11-12H2,1H3. The second kappa shape index (κ2) is 6.97. The van der Waals surface area contributed by atoms with Gasteiger partial charge in [0.1, 0.15) is 5.65 Å². The number of rotatable bonds is 6. The predicted molar refractivity (Wildman–Crippen MR) is 102 cm³/mol. The first kappa shape index (κ1) is 16.8. The third-order valence-electron chi connectivity index (χ3n) is 4.78. The minimum Gasteiger partial charge on any atom is -0.383 e. The van der Waals surface area contributed by atoms with Crippen molar-refractivity contribution < 1.29 is 4.74 Å². The molecule has 0 amide bonds. The molecule has 1 atom stereocenters. The summed E-state index contributed by atoms with van der Waals surface area (Å²) in [5, 5.41) is 14.8. The number of ether oxygens (including phenoxy) is 1. The van der Waals surface area contributed by atoms with Crippen molar-refractivity contribution in [3.8, 4) is 0 Å². The van der Waals surface area contributed by atoms with Crippen LogP contribution in [0.15, 0.2) is 42.0 Å². The molecule has 1 unspecified atom stereocenters. The van der Waals surface area contributed by atoms with Crippen LogP contribution in [0.4, 0.5) is 0 Å². The van der Waals surface area contributed by atoms with Gasteiger partial charge < -0.3 is 9.14 Å². The van der Waals surface area contributed by atoms with Crippen LogP contribution in [0.2, 0.25) is 0 Å². The van der Waals surface area contributed by atoms with Gasteiger partial charge in [-0.15, -0.1) is 5.10 Å². The van der Waals surface area contributed by atoms with Crippen molar-refractivity contribution in [2.75, 3.05) is 26.8 Å². The third-order valence-corrected chi connectivity index (χ3v) is 4.78. The molecule has 5 rings (SSSR count). The van der Waals surface area contributed by atoms with Crippen molar-refractivity contribution in [1.29, 1.82) is 0 Å². The lowest BCUT2D eigenvalue weighted by atomic mass is 10.1. The van der Waals surface area contributed by atoms with Crippen molar-refractivity contribution in [1.82, 2.24) is 39.4 Å². The minimum atomic E-state index is 0.0967. The lowest BCUT2D eigenvalue weighted by Crippen LogP contribution is -2.22. The summed E-state index contributed by atoms with van der Waals surface area (Å²) in [7, 11) is 1.69. The number of hydrazone groups is 1. The molecule has 142 valence electrons. The van der Waals surface area contributed by atoms with Crippen LogP contribution in [0.25, 0.3) is 16.9 Å². The van der Waals surface area contributed by atoms with Crippen molar-refractivity contribution in [3.63, 3.8) is 0 Å². The Morgan fingerprint density at radius 1 is 1.25 bits per heavy atom. The number of aromatic nitrogens is 7. The van der Waals surface area contributed by atoms with E-state index in [1.165, 1.54) is 0 Å². The van der Waals surface area contributed by atoms with Crippen molar-refractivity contribution >= 4 is 23.2 Å². The summed E-state index contributed by atoms with van der Waals surface area (Å²) in [4.78, 5) is 13.5. The molecule has 10 nitrogen and oxygen atoms in total. The molecule has 0 spiro atoms. The second-order valence-electron chi connectivity index (χ2n) is 6.70. The van der Waals surface area contributed by atoms with Crippen LogP contribution in [-0.2, 0) is 11.3 Å². The average Bonchev–Trinajstić information content (AvgIpc) is 3.46.